The summed E-state index contributed by atoms with van der Waals surface area (Å²) >= 11 is 5.88. The molecule has 1 heterocycles. The summed E-state index contributed by atoms with van der Waals surface area (Å²) in [4.78, 5) is 26.5. The Morgan fingerprint density at radius 1 is 1.13 bits per heavy atom. The Bertz CT molecular complexity index is 567. The maximum atomic E-state index is 12.5. The van der Waals surface area contributed by atoms with E-state index in [1.54, 1.807) is 17.0 Å². The molecule has 5 heteroatoms. The highest BCUT2D eigenvalue weighted by Crippen LogP contribution is 2.27. The molecule has 1 N–H and O–H groups in total. The van der Waals surface area contributed by atoms with Gasteiger partial charge in [-0.05, 0) is 49.4 Å². The molecule has 0 spiro atoms. The van der Waals surface area contributed by atoms with Gasteiger partial charge in [-0.25, -0.2) is 0 Å². The molecule has 1 unspecified atom stereocenters. The van der Waals surface area contributed by atoms with Gasteiger partial charge in [0.15, 0.2) is 0 Å². The number of rotatable bonds is 4. The summed E-state index contributed by atoms with van der Waals surface area (Å²) in [5, 5.41) is 3.64. The van der Waals surface area contributed by atoms with Gasteiger partial charge in [0.25, 0.3) is 0 Å². The summed E-state index contributed by atoms with van der Waals surface area (Å²) in [5.74, 6) is -0.184. The van der Waals surface area contributed by atoms with Crippen molar-refractivity contribution in [2.75, 3.05) is 18.0 Å². The van der Waals surface area contributed by atoms with Crippen LogP contribution in [0.3, 0.4) is 0 Å². The molecule has 0 aromatic heterocycles. The maximum Gasteiger partial charge on any atom is 0.239 e. The van der Waals surface area contributed by atoms with Crippen LogP contribution in [-0.2, 0) is 9.59 Å². The van der Waals surface area contributed by atoms with Crippen LogP contribution in [-0.4, -0.2) is 24.9 Å². The zero-order valence-electron chi connectivity index (χ0n) is 13.3. The lowest BCUT2D eigenvalue weighted by Crippen LogP contribution is -2.39. The SMILES string of the molecule is O=C(NCC1CCCCC1)C1CCN(c2ccc(Cl)cc2)C1=O. The van der Waals surface area contributed by atoms with Crippen LogP contribution in [0.4, 0.5) is 5.69 Å². The van der Waals surface area contributed by atoms with Gasteiger partial charge in [-0.2, -0.15) is 0 Å². The first kappa shape index (κ1) is 16.3. The molecule has 1 saturated carbocycles. The maximum absolute atomic E-state index is 12.5. The molecule has 23 heavy (non-hydrogen) atoms. The second kappa shape index (κ2) is 7.35. The highest BCUT2D eigenvalue weighted by atomic mass is 35.5. The standard InChI is InChI=1S/C18H23ClN2O2/c19-14-6-8-15(9-7-14)21-11-10-16(18(21)23)17(22)20-12-13-4-2-1-3-5-13/h6-9,13,16H,1-5,10-12H2,(H,20,22). The number of halogens is 1. The number of hydrogen-bond acceptors (Lipinski definition) is 2. The van der Waals surface area contributed by atoms with E-state index >= 15 is 0 Å². The van der Waals surface area contributed by atoms with E-state index in [0.29, 0.717) is 30.5 Å². The van der Waals surface area contributed by atoms with E-state index in [9.17, 15) is 9.59 Å². The summed E-state index contributed by atoms with van der Waals surface area (Å²) in [6.45, 7) is 1.30. The first-order valence-electron chi connectivity index (χ1n) is 8.50. The first-order valence-corrected chi connectivity index (χ1v) is 8.87. The van der Waals surface area contributed by atoms with E-state index in [-0.39, 0.29) is 11.8 Å². The lowest BCUT2D eigenvalue weighted by atomic mass is 9.89. The van der Waals surface area contributed by atoms with Crippen LogP contribution in [0.1, 0.15) is 38.5 Å². The number of hydrogen-bond donors (Lipinski definition) is 1. The summed E-state index contributed by atoms with van der Waals surface area (Å²) in [6, 6.07) is 7.17. The Hall–Kier alpha value is -1.55. The number of anilines is 1. The molecule has 2 aliphatic rings. The van der Waals surface area contributed by atoms with Crippen molar-refractivity contribution in [3.8, 4) is 0 Å². The fraction of sp³-hybridized carbons (Fsp3) is 0.556. The summed E-state index contributed by atoms with van der Waals surface area (Å²) < 4.78 is 0. The molecule has 2 amide bonds. The third-order valence-corrected chi connectivity index (χ3v) is 5.20. The third-order valence-electron chi connectivity index (χ3n) is 4.95. The van der Waals surface area contributed by atoms with Crippen molar-refractivity contribution in [1.29, 1.82) is 0 Å². The largest absolute Gasteiger partial charge is 0.355 e. The number of carbonyl (C=O) groups excluding carboxylic acids is 2. The first-order chi connectivity index (χ1) is 11.1. The van der Waals surface area contributed by atoms with Crippen LogP contribution in [0, 0.1) is 11.8 Å². The Morgan fingerprint density at radius 3 is 2.52 bits per heavy atom. The van der Waals surface area contributed by atoms with Crippen molar-refractivity contribution in [1.82, 2.24) is 5.32 Å². The normalized spacial score (nSPS) is 22.4. The molecule has 2 fully saturated rings. The Labute approximate surface area is 142 Å². The molecule has 124 valence electrons. The molecule has 1 aliphatic carbocycles. The smallest absolute Gasteiger partial charge is 0.239 e. The average molecular weight is 335 g/mol. The van der Waals surface area contributed by atoms with Crippen molar-refractivity contribution >= 4 is 29.1 Å². The lowest BCUT2D eigenvalue weighted by Gasteiger charge is -2.22. The number of nitrogens with zero attached hydrogens (tertiary/aromatic N) is 1. The molecule has 1 aromatic carbocycles. The Morgan fingerprint density at radius 2 is 1.83 bits per heavy atom. The summed E-state index contributed by atoms with van der Waals surface area (Å²) in [6.07, 6.45) is 6.78. The van der Waals surface area contributed by atoms with Crippen molar-refractivity contribution in [3.63, 3.8) is 0 Å². The molecule has 0 radical (unpaired) electrons. The second-order valence-corrected chi connectivity index (χ2v) is 6.99. The quantitative estimate of drug-likeness (QED) is 0.858. The van der Waals surface area contributed by atoms with E-state index in [0.717, 1.165) is 5.69 Å². The predicted molar refractivity (Wildman–Crippen MR) is 91.5 cm³/mol. The predicted octanol–water partition coefficient (Wildman–Crippen LogP) is 3.39. The van der Waals surface area contributed by atoms with Crippen molar-refractivity contribution < 1.29 is 9.59 Å². The molecule has 1 aromatic rings. The lowest BCUT2D eigenvalue weighted by molar-refractivity contribution is -0.132. The molecular formula is C18H23ClN2O2. The van der Waals surface area contributed by atoms with Crippen LogP contribution in [0.25, 0.3) is 0 Å². The monoisotopic (exact) mass is 334 g/mol. The van der Waals surface area contributed by atoms with Crippen LogP contribution in [0.5, 0.6) is 0 Å². The van der Waals surface area contributed by atoms with Gasteiger partial charge < -0.3 is 10.2 Å². The zero-order chi connectivity index (χ0) is 16.2. The van der Waals surface area contributed by atoms with Gasteiger partial charge in [0.1, 0.15) is 5.92 Å². The minimum absolute atomic E-state index is 0.103. The highest BCUT2D eigenvalue weighted by molar-refractivity contribution is 6.30. The summed E-state index contributed by atoms with van der Waals surface area (Å²) in [5.41, 5.74) is 0.807. The molecule has 1 aliphatic heterocycles. The fourth-order valence-corrected chi connectivity index (χ4v) is 3.69. The van der Waals surface area contributed by atoms with Gasteiger partial charge in [0.2, 0.25) is 11.8 Å². The molecule has 0 bridgehead atoms. The summed E-state index contributed by atoms with van der Waals surface area (Å²) in [7, 11) is 0. The van der Waals surface area contributed by atoms with Crippen LogP contribution in [0.15, 0.2) is 24.3 Å². The van der Waals surface area contributed by atoms with Crippen LogP contribution >= 0.6 is 11.6 Å². The van der Waals surface area contributed by atoms with Gasteiger partial charge in [-0.3, -0.25) is 9.59 Å². The van der Waals surface area contributed by atoms with E-state index in [1.807, 2.05) is 12.1 Å². The van der Waals surface area contributed by atoms with Gasteiger partial charge in [-0.1, -0.05) is 30.9 Å². The molecule has 1 atom stereocenters. The van der Waals surface area contributed by atoms with Gasteiger partial charge in [-0.15, -0.1) is 0 Å². The van der Waals surface area contributed by atoms with Gasteiger partial charge in [0.05, 0.1) is 0 Å². The van der Waals surface area contributed by atoms with Gasteiger partial charge in [0, 0.05) is 23.8 Å². The van der Waals surface area contributed by atoms with E-state index in [2.05, 4.69) is 5.32 Å². The topological polar surface area (TPSA) is 49.4 Å². The van der Waals surface area contributed by atoms with Crippen LogP contribution < -0.4 is 10.2 Å². The van der Waals surface area contributed by atoms with E-state index in [1.165, 1.54) is 32.1 Å². The highest BCUT2D eigenvalue weighted by Gasteiger charge is 2.37. The molecule has 1 saturated heterocycles. The van der Waals surface area contributed by atoms with Crippen molar-refractivity contribution in [2.24, 2.45) is 11.8 Å². The minimum Gasteiger partial charge on any atom is -0.355 e. The fourth-order valence-electron chi connectivity index (χ4n) is 3.56. The van der Waals surface area contributed by atoms with Gasteiger partial charge >= 0.3 is 0 Å². The van der Waals surface area contributed by atoms with Crippen molar-refractivity contribution in [3.05, 3.63) is 29.3 Å². The Kier molecular flexibility index (Phi) is 5.21. The molecular weight excluding hydrogens is 312 g/mol. The van der Waals surface area contributed by atoms with Crippen molar-refractivity contribution in [2.45, 2.75) is 38.5 Å². The van der Waals surface area contributed by atoms with Crippen LogP contribution in [0.2, 0.25) is 5.02 Å². The second-order valence-electron chi connectivity index (χ2n) is 6.56. The zero-order valence-corrected chi connectivity index (χ0v) is 14.0. The third kappa shape index (κ3) is 3.86. The molecule has 3 rings (SSSR count). The molecule has 4 nitrogen and oxygen atoms in total. The Balaban J connectivity index is 1.55. The average Bonchev–Trinajstić information content (AvgIpc) is 2.96. The number of benzene rings is 1. The minimum atomic E-state index is -0.547. The number of carbonyl (C=O) groups is 2. The van der Waals surface area contributed by atoms with E-state index in [4.69, 9.17) is 11.6 Å². The van der Waals surface area contributed by atoms with E-state index < -0.39 is 5.92 Å². The number of nitrogens with one attached hydrogen (secondary N) is 1. The number of amides is 2.